The first kappa shape index (κ1) is 12.8. The summed E-state index contributed by atoms with van der Waals surface area (Å²) >= 11 is 0. The molecule has 1 aliphatic rings. The summed E-state index contributed by atoms with van der Waals surface area (Å²) in [6, 6.07) is 0. The van der Waals surface area contributed by atoms with Crippen LogP contribution in [-0.4, -0.2) is 5.54 Å². The lowest BCUT2D eigenvalue weighted by molar-refractivity contribution is 0.105. The predicted octanol–water partition coefficient (Wildman–Crippen LogP) is 3.89. The van der Waals surface area contributed by atoms with Gasteiger partial charge in [0, 0.05) is 5.54 Å². The molecule has 2 N–H and O–H groups in total. The van der Waals surface area contributed by atoms with E-state index < -0.39 is 0 Å². The molecule has 88 valence electrons. The van der Waals surface area contributed by atoms with Crippen LogP contribution in [0.1, 0.15) is 60.8 Å². The highest BCUT2D eigenvalue weighted by Gasteiger charge is 2.42. The second kappa shape index (κ2) is 3.62. The number of allylic oxidation sites excluding steroid dienone is 1. The molecule has 15 heavy (non-hydrogen) atoms. The van der Waals surface area contributed by atoms with Crippen molar-refractivity contribution in [3.8, 4) is 0 Å². The number of hydrogen-bond acceptors (Lipinski definition) is 1. The second-order valence-corrected chi connectivity index (χ2v) is 6.85. The molecule has 1 saturated carbocycles. The van der Waals surface area contributed by atoms with Gasteiger partial charge in [-0.15, -0.1) is 0 Å². The number of nitrogens with two attached hydrogens (primary N) is 1. The van der Waals surface area contributed by atoms with E-state index >= 15 is 0 Å². The maximum atomic E-state index is 6.10. The normalized spacial score (nSPS) is 28.1. The van der Waals surface area contributed by atoms with Crippen molar-refractivity contribution in [2.75, 3.05) is 0 Å². The molecule has 0 saturated heterocycles. The minimum atomic E-state index is -0.181. The average molecular weight is 209 g/mol. The van der Waals surface area contributed by atoms with E-state index in [1.54, 1.807) is 5.57 Å². The summed E-state index contributed by atoms with van der Waals surface area (Å²) in [6.07, 6.45) is 6.13. The van der Waals surface area contributed by atoms with Crippen molar-refractivity contribution in [2.45, 2.75) is 66.3 Å². The average Bonchev–Trinajstić information content (AvgIpc) is 1.97. The molecule has 0 atom stereocenters. The van der Waals surface area contributed by atoms with E-state index in [1.807, 2.05) is 0 Å². The van der Waals surface area contributed by atoms with Gasteiger partial charge in [0.1, 0.15) is 0 Å². The summed E-state index contributed by atoms with van der Waals surface area (Å²) in [4.78, 5) is 0. The van der Waals surface area contributed by atoms with Crippen LogP contribution in [0.4, 0.5) is 0 Å². The first-order valence-electron chi connectivity index (χ1n) is 6.07. The Bertz CT molecular complexity index is 264. The van der Waals surface area contributed by atoms with E-state index in [1.165, 1.54) is 19.3 Å². The standard InChI is InChI=1S/C14H27N/c1-12(2)9-7-8-11(14(12,5)6)10-13(3,4)15/h10H,7-9,15H2,1-6H3. The maximum absolute atomic E-state index is 6.10. The van der Waals surface area contributed by atoms with Gasteiger partial charge in [0.2, 0.25) is 0 Å². The lowest BCUT2D eigenvalue weighted by Crippen LogP contribution is -2.40. The Morgan fingerprint density at radius 3 is 2.20 bits per heavy atom. The van der Waals surface area contributed by atoms with Gasteiger partial charge in [-0.2, -0.15) is 0 Å². The van der Waals surface area contributed by atoms with Gasteiger partial charge < -0.3 is 5.73 Å². The third-order valence-electron chi connectivity index (χ3n) is 4.29. The molecule has 0 spiro atoms. The zero-order valence-corrected chi connectivity index (χ0v) is 11.3. The quantitative estimate of drug-likeness (QED) is 0.651. The molecule has 0 aromatic rings. The van der Waals surface area contributed by atoms with Crippen molar-refractivity contribution >= 4 is 0 Å². The summed E-state index contributed by atoms with van der Waals surface area (Å²) in [5.74, 6) is 0. The topological polar surface area (TPSA) is 26.0 Å². The van der Waals surface area contributed by atoms with Gasteiger partial charge in [-0.3, -0.25) is 0 Å². The lowest BCUT2D eigenvalue weighted by atomic mass is 9.57. The fourth-order valence-corrected chi connectivity index (χ4v) is 2.48. The third-order valence-corrected chi connectivity index (χ3v) is 4.29. The molecular formula is C14H27N. The maximum Gasteiger partial charge on any atom is 0.0284 e. The van der Waals surface area contributed by atoms with Crippen molar-refractivity contribution < 1.29 is 0 Å². The van der Waals surface area contributed by atoms with Crippen molar-refractivity contribution in [1.29, 1.82) is 0 Å². The van der Waals surface area contributed by atoms with Gasteiger partial charge in [0.05, 0.1) is 0 Å². The van der Waals surface area contributed by atoms with E-state index in [2.05, 4.69) is 47.6 Å². The molecular weight excluding hydrogens is 182 g/mol. The van der Waals surface area contributed by atoms with Crippen LogP contribution in [-0.2, 0) is 0 Å². The highest BCUT2D eigenvalue weighted by molar-refractivity contribution is 5.22. The molecule has 0 heterocycles. The van der Waals surface area contributed by atoms with Crippen molar-refractivity contribution in [2.24, 2.45) is 16.6 Å². The van der Waals surface area contributed by atoms with Gasteiger partial charge in [-0.05, 0) is 43.9 Å². The molecule has 0 aliphatic heterocycles. The van der Waals surface area contributed by atoms with E-state index in [0.717, 1.165) is 0 Å². The lowest BCUT2D eigenvalue weighted by Gasteiger charge is -2.48. The van der Waals surface area contributed by atoms with Gasteiger partial charge in [0.25, 0.3) is 0 Å². The highest BCUT2D eigenvalue weighted by Crippen LogP contribution is 2.52. The summed E-state index contributed by atoms with van der Waals surface area (Å²) in [7, 11) is 0. The van der Waals surface area contributed by atoms with Crippen molar-refractivity contribution in [1.82, 2.24) is 0 Å². The Labute approximate surface area is 95.1 Å². The first-order valence-corrected chi connectivity index (χ1v) is 6.07. The highest BCUT2D eigenvalue weighted by atomic mass is 14.7. The van der Waals surface area contributed by atoms with Gasteiger partial charge in [-0.1, -0.05) is 39.3 Å². The van der Waals surface area contributed by atoms with Crippen LogP contribution >= 0.6 is 0 Å². The predicted molar refractivity (Wildman–Crippen MR) is 67.8 cm³/mol. The Morgan fingerprint density at radius 2 is 1.73 bits per heavy atom. The number of hydrogen-bond donors (Lipinski definition) is 1. The minimum absolute atomic E-state index is 0.181. The Kier molecular flexibility index (Phi) is 3.08. The number of rotatable bonds is 1. The first-order chi connectivity index (χ1) is 6.56. The van der Waals surface area contributed by atoms with Gasteiger partial charge >= 0.3 is 0 Å². The fraction of sp³-hybridized carbons (Fsp3) is 0.857. The Morgan fingerprint density at radius 1 is 1.20 bits per heavy atom. The van der Waals surface area contributed by atoms with Crippen molar-refractivity contribution in [3.05, 3.63) is 11.6 Å². The van der Waals surface area contributed by atoms with Crippen LogP contribution in [0.2, 0.25) is 0 Å². The SMILES string of the molecule is CC(C)(N)C=C1CCCC(C)(C)C1(C)C. The molecule has 1 fully saturated rings. The Hall–Kier alpha value is -0.300. The van der Waals surface area contributed by atoms with Crippen LogP contribution in [0.3, 0.4) is 0 Å². The molecule has 1 heteroatoms. The summed E-state index contributed by atoms with van der Waals surface area (Å²) < 4.78 is 0. The molecule has 1 rings (SSSR count). The van der Waals surface area contributed by atoms with Crippen LogP contribution in [0.25, 0.3) is 0 Å². The minimum Gasteiger partial charge on any atom is -0.322 e. The van der Waals surface area contributed by atoms with Crippen LogP contribution in [0.15, 0.2) is 11.6 Å². The van der Waals surface area contributed by atoms with Crippen LogP contribution < -0.4 is 5.73 Å². The molecule has 1 aliphatic carbocycles. The fourth-order valence-electron chi connectivity index (χ4n) is 2.48. The zero-order chi connectivity index (χ0) is 11.9. The molecule has 0 radical (unpaired) electrons. The van der Waals surface area contributed by atoms with Gasteiger partial charge in [-0.25, -0.2) is 0 Å². The Balaban J connectivity index is 3.06. The summed E-state index contributed by atoms with van der Waals surface area (Å²) in [5, 5.41) is 0. The second-order valence-electron chi connectivity index (χ2n) is 6.85. The molecule has 1 nitrogen and oxygen atoms in total. The van der Waals surface area contributed by atoms with E-state index in [9.17, 15) is 0 Å². The molecule has 0 aromatic carbocycles. The smallest absolute Gasteiger partial charge is 0.0284 e. The molecule has 0 unspecified atom stereocenters. The molecule has 0 aromatic heterocycles. The van der Waals surface area contributed by atoms with E-state index in [-0.39, 0.29) is 11.0 Å². The molecule has 0 amide bonds. The van der Waals surface area contributed by atoms with Crippen LogP contribution in [0.5, 0.6) is 0 Å². The monoisotopic (exact) mass is 209 g/mol. The summed E-state index contributed by atoms with van der Waals surface area (Å²) in [6.45, 7) is 13.6. The third kappa shape index (κ3) is 2.63. The van der Waals surface area contributed by atoms with E-state index in [0.29, 0.717) is 5.41 Å². The van der Waals surface area contributed by atoms with E-state index in [4.69, 9.17) is 5.73 Å². The van der Waals surface area contributed by atoms with Crippen LogP contribution in [0, 0.1) is 10.8 Å². The largest absolute Gasteiger partial charge is 0.322 e. The summed E-state index contributed by atoms with van der Waals surface area (Å²) in [5.41, 5.74) is 8.14. The zero-order valence-electron chi connectivity index (χ0n) is 11.3. The van der Waals surface area contributed by atoms with Crippen molar-refractivity contribution in [3.63, 3.8) is 0 Å². The molecule has 0 bridgehead atoms. The van der Waals surface area contributed by atoms with Gasteiger partial charge in [0.15, 0.2) is 0 Å².